The van der Waals surface area contributed by atoms with Gasteiger partial charge in [-0.15, -0.1) is 0 Å². The number of anilines is 1. The molecule has 0 spiro atoms. The number of hydrogen-bond donors (Lipinski definition) is 1. The summed E-state index contributed by atoms with van der Waals surface area (Å²) >= 11 is 0.433. The molecule has 7 heteroatoms. The number of nitrogens with one attached hydrogen (secondary N) is 1. The second kappa shape index (κ2) is 8.99. The molecule has 1 N–H and O–H groups in total. The van der Waals surface area contributed by atoms with Crippen LogP contribution in [0.1, 0.15) is 23.1 Å². The molecule has 1 amide bonds. The van der Waals surface area contributed by atoms with Crippen LogP contribution < -0.4 is 5.32 Å². The summed E-state index contributed by atoms with van der Waals surface area (Å²) in [5, 5.41) is 2.56. The van der Waals surface area contributed by atoms with Gasteiger partial charge in [-0.3, -0.25) is 9.59 Å². The van der Waals surface area contributed by atoms with Crippen LogP contribution in [0.2, 0.25) is 0 Å². The molecule has 0 unspecified atom stereocenters. The van der Waals surface area contributed by atoms with Gasteiger partial charge in [0.2, 0.25) is 0 Å². The smallest absolute Gasteiger partial charge is 0.310 e. The van der Waals surface area contributed by atoms with Gasteiger partial charge in [-0.25, -0.2) is 0 Å². The van der Waals surface area contributed by atoms with Crippen molar-refractivity contribution in [1.82, 2.24) is 0 Å². The Morgan fingerprint density at radius 3 is 2.56 bits per heavy atom. The van der Waals surface area contributed by atoms with E-state index >= 15 is 0 Å². The van der Waals surface area contributed by atoms with E-state index in [1.807, 2.05) is 18.2 Å². The minimum atomic E-state index is -2.49. The molecule has 2 aromatic rings. The third-order valence-corrected chi connectivity index (χ3v) is 4.96. The van der Waals surface area contributed by atoms with Crippen molar-refractivity contribution in [3.8, 4) is 0 Å². The van der Waals surface area contributed by atoms with E-state index in [0.29, 0.717) is 22.3 Å². The topological polar surface area (TPSA) is 55.4 Å². The van der Waals surface area contributed by atoms with Crippen molar-refractivity contribution >= 4 is 29.3 Å². The first-order valence-corrected chi connectivity index (χ1v) is 9.48. The van der Waals surface area contributed by atoms with Gasteiger partial charge in [-0.1, -0.05) is 30.0 Å². The Morgan fingerprint density at radius 2 is 1.81 bits per heavy atom. The fourth-order valence-corrected chi connectivity index (χ4v) is 3.51. The molecular formula is C20H19F2NO3S. The molecule has 27 heavy (non-hydrogen) atoms. The first kappa shape index (κ1) is 19.4. The number of ether oxygens (including phenoxy) is 1. The molecule has 3 rings (SSSR count). The second-order valence-electron chi connectivity index (χ2n) is 6.25. The van der Waals surface area contributed by atoms with Crippen molar-refractivity contribution < 1.29 is 23.1 Å². The van der Waals surface area contributed by atoms with Crippen molar-refractivity contribution in [3.05, 3.63) is 59.2 Å². The van der Waals surface area contributed by atoms with Crippen LogP contribution in [0, 0.1) is 0 Å². The zero-order valence-electron chi connectivity index (χ0n) is 14.5. The SMILES string of the molecule is O=C(COC(=O)Cc1ccc2c(c1)CCC2)Nc1ccc(SC(F)F)cc1. The van der Waals surface area contributed by atoms with Crippen molar-refractivity contribution in [2.45, 2.75) is 36.3 Å². The van der Waals surface area contributed by atoms with Crippen LogP contribution in [0.25, 0.3) is 0 Å². The number of fused-ring (bicyclic) bond motifs is 1. The number of rotatable bonds is 7. The maximum absolute atomic E-state index is 12.3. The minimum absolute atomic E-state index is 0.125. The minimum Gasteiger partial charge on any atom is -0.455 e. The Morgan fingerprint density at radius 1 is 1.07 bits per heavy atom. The van der Waals surface area contributed by atoms with E-state index in [0.717, 1.165) is 24.8 Å². The lowest BCUT2D eigenvalue weighted by Gasteiger charge is -2.08. The normalized spacial score (nSPS) is 12.7. The summed E-state index contributed by atoms with van der Waals surface area (Å²) in [5.74, 6) is -3.44. The summed E-state index contributed by atoms with van der Waals surface area (Å²) in [4.78, 5) is 24.2. The number of esters is 1. The highest BCUT2D eigenvalue weighted by atomic mass is 32.2. The average molecular weight is 391 g/mol. The molecule has 0 saturated carbocycles. The Bertz CT molecular complexity index is 824. The van der Waals surface area contributed by atoms with Gasteiger partial charge in [-0.05, 0) is 60.2 Å². The maximum Gasteiger partial charge on any atom is 0.310 e. The highest BCUT2D eigenvalue weighted by Gasteiger charge is 2.14. The quantitative estimate of drug-likeness (QED) is 0.567. The molecule has 2 aromatic carbocycles. The van der Waals surface area contributed by atoms with Crippen LogP contribution in [0.15, 0.2) is 47.4 Å². The van der Waals surface area contributed by atoms with E-state index in [2.05, 4.69) is 5.32 Å². The molecule has 0 radical (unpaired) electrons. The molecule has 0 saturated heterocycles. The first-order valence-electron chi connectivity index (χ1n) is 8.60. The zero-order chi connectivity index (χ0) is 19.2. The number of carbonyl (C=O) groups is 2. The summed E-state index contributed by atoms with van der Waals surface area (Å²) in [6.07, 6.45) is 3.39. The third kappa shape index (κ3) is 5.79. The lowest BCUT2D eigenvalue weighted by Crippen LogP contribution is -2.21. The molecule has 0 bridgehead atoms. The fourth-order valence-electron chi connectivity index (χ4n) is 3.02. The van der Waals surface area contributed by atoms with Gasteiger partial charge in [0, 0.05) is 10.6 Å². The van der Waals surface area contributed by atoms with E-state index < -0.39 is 24.2 Å². The highest BCUT2D eigenvalue weighted by Crippen LogP contribution is 2.26. The van der Waals surface area contributed by atoms with Crippen molar-refractivity contribution in [3.63, 3.8) is 0 Å². The van der Waals surface area contributed by atoms with Crippen molar-refractivity contribution in [2.24, 2.45) is 0 Å². The van der Waals surface area contributed by atoms with Gasteiger partial charge in [0.05, 0.1) is 6.42 Å². The van der Waals surface area contributed by atoms with Gasteiger partial charge in [0.15, 0.2) is 6.61 Å². The standard InChI is InChI=1S/C20H19F2NO3S/c21-20(22)27-17-8-6-16(7-9-17)23-18(24)12-26-19(25)11-13-4-5-14-2-1-3-15(14)10-13/h4-10,20H,1-3,11-12H2,(H,23,24). The number of alkyl halides is 2. The van der Waals surface area contributed by atoms with Crippen molar-refractivity contribution in [1.29, 1.82) is 0 Å². The monoisotopic (exact) mass is 391 g/mol. The fraction of sp³-hybridized carbons (Fsp3) is 0.300. The molecule has 1 aliphatic carbocycles. The molecule has 1 aliphatic rings. The summed E-state index contributed by atoms with van der Waals surface area (Å²) in [6.45, 7) is -0.392. The molecular weight excluding hydrogens is 372 g/mol. The van der Waals surface area contributed by atoms with E-state index in [-0.39, 0.29) is 6.42 Å². The molecule has 142 valence electrons. The lowest BCUT2D eigenvalue weighted by molar-refractivity contribution is -0.146. The predicted molar refractivity (Wildman–Crippen MR) is 100 cm³/mol. The molecule has 0 atom stereocenters. The van der Waals surface area contributed by atoms with Gasteiger partial charge in [0.1, 0.15) is 0 Å². The Balaban J connectivity index is 1.44. The first-order chi connectivity index (χ1) is 13.0. The molecule has 0 aliphatic heterocycles. The average Bonchev–Trinajstić information content (AvgIpc) is 3.09. The second-order valence-corrected chi connectivity index (χ2v) is 7.31. The molecule has 0 fully saturated rings. The number of aryl methyl sites for hydroxylation is 2. The van der Waals surface area contributed by atoms with Crippen LogP contribution in [0.3, 0.4) is 0 Å². The van der Waals surface area contributed by atoms with E-state index in [1.54, 1.807) is 0 Å². The van der Waals surface area contributed by atoms with Crippen LogP contribution in [-0.2, 0) is 33.6 Å². The van der Waals surface area contributed by atoms with Crippen LogP contribution in [0.4, 0.5) is 14.5 Å². The number of carbonyl (C=O) groups excluding carboxylic acids is 2. The van der Waals surface area contributed by atoms with Crippen LogP contribution in [0.5, 0.6) is 0 Å². The van der Waals surface area contributed by atoms with Gasteiger partial charge < -0.3 is 10.1 Å². The highest BCUT2D eigenvalue weighted by molar-refractivity contribution is 7.99. The van der Waals surface area contributed by atoms with Gasteiger partial charge in [0.25, 0.3) is 11.7 Å². The molecule has 0 heterocycles. The predicted octanol–water partition coefficient (Wildman–Crippen LogP) is 4.21. The number of thioether (sulfide) groups is 1. The van der Waals surface area contributed by atoms with E-state index in [9.17, 15) is 18.4 Å². The van der Waals surface area contributed by atoms with Crippen LogP contribution in [-0.4, -0.2) is 24.2 Å². The Hall–Kier alpha value is -2.41. The maximum atomic E-state index is 12.3. The van der Waals surface area contributed by atoms with Gasteiger partial charge in [-0.2, -0.15) is 8.78 Å². The summed E-state index contributed by atoms with van der Waals surface area (Å²) in [5.41, 5.74) is 3.96. The van der Waals surface area contributed by atoms with E-state index in [4.69, 9.17) is 4.74 Å². The number of hydrogen-bond acceptors (Lipinski definition) is 4. The lowest BCUT2D eigenvalue weighted by atomic mass is 10.0. The summed E-state index contributed by atoms with van der Waals surface area (Å²) in [6, 6.07) is 12.0. The zero-order valence-corrected chi connectivity index (χ0v) is 15.4. The summed E-state index contributed by atoms with van der Waals surface area (Å²) < 4.78 is 29.6. The van der Waals surface area contributed by atoms with E-state index in [1.165, 1.54) is 35.4 Å². The van der Waals surface area contributed by atoms with Crippen LogP contribution >= 0.6 is 11.8 Å². The number of amides is 1. The Labute approximate surface area is 160 Å². The molecule has 4 nitrogen and oxygen atoms in total. The summed E-state index contributed by atoms with van der Waals surface area (Å²) in [7, 11) is 0. The Kier molecular flexibility index (Phi) is 6.45. The largest absolute Gasteiger partial charge is 0.455 e. The third-order valence-electron chi connectivity index (χ3n) is 4.24. The number of halogens is 2. The van der Waals surface area contributed by atoms with Gasteiger partial charge >= 0.3 is 5.97 Å². The number of benzene rings is 2. The van der Waals surface area contributed by atoms with Crippen molar-refractivity contribution in [2.75, 3.05) is 11.9 Å². The molecule has 0 aromatic heterocycles.